The van der Waals surface area contributed by atoms with Gasteiger partial charge in [-0.25, -0.2) is 4.79 Å². The summed E-state index contributed by atoms with van der Waals surface area (Å²) in [4.78, 5) is 11.5. The summed E-state index contributed by atoms with van der Waals surface area (Å²) in [5.41, 5.74) is -0.628. The average molecular weight is 243 g/mol. The van der Waals surface area contributed by atoms with E-state index in [0.29, 0.717) is 18.1 Å². The Morgan fingerprint density at radius 1 is 1.35 bits per heavy atom. The fourth-order valence-electron chi connectivity index (χ4n) is 1.55. The van der Waals surface area contributed by atoms with Crippen LogP contribution in [0.4, 0.5) is 0 Å². The number of carbonyl (C=O) groups is 1. The van der Waals surface area contributed by atoms with Gasteiger partial charge in [-0.05, 0) is 33.8 Å². The van der Waals surface area contributed by atoms with E-state index >= 15 is 0 Å². The quantitative estimate of drug-likeness (QED) is 0.409. The first kappa shape index (κ1) is 13.6. The maximum atomic E-state index is 11.5. The van der Waals surface area contributed by atoms with Gasteiger partial charge < -0.3 is 14.2 Å². The number of hydrogen-bond donors (Lipinski definition) is 0. The van der Waals surface area contributed by atoms with Gasteiger partial charge in [0.2, 0.25) is 0 Å². The molecule has 4 nitrogen and oxygen atoms in total. The van der Waals surface area contributed by atoms with Crippen LogP contribution in [0.3, 0.4) is 0 Å². The first-order chi connectivity index (χ1) is 8.43. The van der Waals surface area contributed by atoms with Crippen molar-refractivity contribution in [3.05, 3.63) is 23.7 Å². The molecular weight excluding hydrogens is 220 g/mol. The summed E-state index contributed by atoms with van der Waals surface area (Å²) in [6, 6.07) is 0. The highest BCUT2D eigenvalue weighted by Gasteiger charge is 2.31. The number of hydrogen-bond acceptors (Lipinski definition) is 4. The summed E-state index contributed by atoms with van der Waals surface area (Å²) in [6.45, 7) is 7.57. The molecule has 0 spiro atoms. The summed E-state index contributed by atoms with van der Waals surface area (Å²) in [6.07, 6.45) is 3.06. The van der Waals surface area contributed by atoms with Crippen LogP contribution in [0.15, 0.2) is 23.7 Å². The summed E-state index contributed by atoms with van der Waals surface area (Å²) in [5.74, 6) is 0.526. The van der Waals surface area contributed by atoms with E-state index in [2.05, 4.69) is 0 Å². The van der Waals surface area contributed by atoms with E-state index in [1.165, 1.54) is 6.08 Å². The van der Waals surface area contributed by atoms with Crippen molar-refractivity contribution in [1.82, 2.24) is 0 Å². The lowest BCUT2D eigenvalue weighted by atomic mass is 9.87. The smallest absolute Gasteiger partial charge is 0.334 e. The van der Waals surface area contributed by atoms with Gasteiger partial charge in [-0.3, -0.25) is 0 Å². The summed E-state index contributed by atoms with van der Waals surface area (Å²) >= 11 is 0. The maximum Gasteiger partial charge on any atom is 0.334 e. The molecule has 17 heavy (non-hydrogen) atoms. The lowest BCUT2D eigenvalue weighted by molar-refractivity contribution is -0.137. The second kappa shape index (κ2) is 6.99. The number of methoxy groups -OCH3 is 2. The predicted octanol–water partition coefficient (Wildman–Crippen LogP) is 2.66. The van der Waals surface area contributed by atoms with Crippen LogP contribution in [0.1, 0.15) is 29.1 Å². The molecule has 0 saturated carbocycles. The first-order valence-corrected chi connectivity index (χ1v) is 5.45. The van der Waals surface area contributed by atoms with Crippen LogP contribution in [-0.4, -0.2) is 26.8 Å². The van der Waals surface area contributed by atoms with E-state index in [1.54, 1.807) is 20.1 Å². The normalized spacial score (nSPS) is 14.1. The Morgan fingerprint density at radius 3 is 2.41 bits per heavy atom. The Kier molecular flexibility index (Phi) is 5.60. The Hall–Kier alpha value is -1.45. The molecule has 98 valence electrons. The van der Waals surface area contributed by atoms with Gasteiger partial charge in [-0.2, -0.15) is 0 Å². The molecule has 0 heterocycles. The van der Waals surface area contributed by atoms with Gasteiger partial charge in [-0.15, -0.1) is 0 Å². The maximum absolute atomic E-state index is 11.5. The van der Waals surface area contributed by atoms with E-state index in [-0.39, 0.29) is 7.09 Å². The zero-order chi connectivity index (χ0) is 14.2. The fraction of sp³-hybridized carbons (Fsp3) is 0.615. The molecule has 0 atom stereocenters. The molecule has 0 rings (SSSR count). The largest absolute Gasteiger partial charge is 0.500 e. The third-order valence-electron chi connectivity index (χ3n) is 2.41. The van der Waals surface area contributed by atoms with Crippen molar-refractivity contribution in [2.24, 2.45) is 5.41 Å². The number of rotatable bonds is 6. The molecule has 0 fully saturated rings. The zero-order valence-electron chi connectivity index (χ0n) is 12.2. The Labute approximate surface area is 105 Å². The standard InChI is InChI=1S/C13H22O4/c1-7-10(15-5)13(3,4)11(16-6)9-12(14)17-8-2/h7,9H,8H2,1-6H3/i6D. The van der Waals surface area contributed by atoms with Gasteiger partial charge >= 0.3 is 5.97 Å². The molecule has 0 aliphatic heterocycles. The van der Waals surface area contributed by atoms with Crippen molar-refractivity contribution in [2.45, 2.75) is 27.7 Å². The second-order valence-electron chi connectivity index (χ2n) is 3.89. The molecule has 0 saturated heterocycles. The molecule has 0 bridgehead atoms. The highest BCUT2D eigenvalue weighted by molar-refractivity contribution is 5.82. The summed E-state index contributed by atoms with van der Waals surface area (Å²) in [7, 11) is 1.29. The number of carbonyl (C=O) groups excluding carboxylic acids is 1. The van der Waals surface area contributed by atoms with Gasteiger partial charge in [-0.1, -0.05) is 0 Å². The molecule has 4 heteroatoms. The summed E-state index contributed by atoms with van der Waals surface area (Å²) in [5, 5.41) is 0. The van der Waals surface area contributed by atoms with Crippen LogP contribution in [0.5, 0.6) is 0 Å². The molecule has 0 aromatic heterocycles. The lowest BCUT2D eigenvalue weighted by Gasteiger charge is -2.28. The Morgan fingerprint density at radius 2 is 2.00 bits per heavy atom. The van der Waals surface area contributed by atoms with E-state index in [1.807, 2.05) is 20.8 Å². The monoisotopic (exact) mass is 243 g/mol. The van der Waals surface area contributed by atoms with Crippen molar-refractivity contribution in [1.29, 1.82) is 0 Å². The molecule has 0 aliphatic rings. The zero-order valence-corrected chi connectivity index (χ0v) is 11.2. The van der Waals surface area contributed by atoms with Gasteiger partial charge in [0.1, 0.15) is 11.5 Å². The molecule has 0 N–H and O–H groups in total. The first-order valence-electron chi connectivity index (χ1n) is 6.16. The minimum atomic E-state index is -0.628. The number of allylic oxidation sites excluding steroid dienone is 1. The van der Waals surface area contributed by atoms with Crippen LogP contribution < -0.4 is 0 Å². The van der Waals surface area contributed by atoms with Crippen LogP contribution in [0.25, 0.3) is 0 Å². The average Bonchev–Trinajstić information content (AvgIpc) is 2.30. The highest BCUT2D eigenvalue weighted by Crippen LogP contribution is 2.35. The van der Waals surface area contributed by atoms with Crippen LogP contribution >= 0.6 is 0 Å². The van der Waals surface area contributed by atoms with Crippen molar-refractivity contribution in [3.63, 3.8) is 0 Å². The molecular formula is C13H22O4. The topological polar surface area (TPSA) is 44.8 Å². The van der Waals surface area contributed by atoms with Crippen molar-refractivity contribution in [2.75, 3.05) is 20.8 Å². The Bertz CT molecular complexity index is 332. The van der Waals surface area contributed by atoms with Gasteiger partial charge in [0, 0.05) is 0 Å². The van der Waals surface area contributed by atoms with E-state index in [4.69, 9.17) is 15.6 Å². The van der Waals surface area contributed by atoms with E-state index in [9.17, 15) is 4.79 Å². The third kappa shape index (κ3) is 4.13. The molecule has 0 unspecified atom stereocenters. The molecule has 0 radical (unpaired) electrons. The van der Waals surface area contributed by atoms with E-state index in [0.717, 1.165) is 0 Å². The molecule has 0 amide bonds. The minimum Gasteiger partial charge on any atom is -0.500 e. The van der Waals surface area contributed by atoms with Gasteiger partial charge in [0.25, 0.3) is 0 Å². The van der Waals surface area contributed by atoms with E-state index < -0.39 is 11.4 Å². The lowest BCUT2D eigenvalue weighted by Crippen LogP contribution is -2.22. The van der Waals surface area contributed by atoms with Gasteiger partial charge in [0.05, 0.1) is 33.7 Å². The fourth-order valence-corrected chi connectivity index (χ4v) is 1.55. The van der Waals surface area contributed by atoms with Crippen LogP contribution in [0.2, 0.25) is 0 Å². The van der Waals surface area contributed by atoms with Crippen molar-refractivity contribution in [3.8, 4) is 0 Å². The Balaban J connectivity index is 5.27. The molecule has 0 aromatic rings. The summed E-state index contributed by atoms with van der Waals surface area (Å²) < 4.78 is 22.5. The molecule has 0 aliphatic carbocycles. The predicted molar refractivity (Wildman–Crippen MR) is 66.3 cm³/mol. The number of ether oxygens (including phenoxy) is 3. The number of esters is 1. The van der Waals surface area contributed by atoms with Crippen LogP contribution in [-0.2, 0) is 19.0 Å². The SMILES string of the molecule is [2H]COC(=CC(=O)OCC)C(C)(C)C(=CC)OC. The van der Waals surface area contributed by atoms with Gasteiger partial charge in [0.15, 0.2) is 0 Å². The van der Waals surface area contributed by atoms with Crippen molar-refractivity contribution >= 4 is 5.97 Å². The minimum absolute atomic E-state index is 0.268. The van der Waals surface area contributed by atoms with Crippen molar-refractivity contribution < 1.29 is 20.4 Å². The molecule has 0 aromatic carbocycles. The highest BCUT2D eigenvalue weighted by atomic mass is 16.5. The van der Waals surface area contributed by atoms with Crippen LogP contribution in [0, 0.1) is 5.41 Å². The second-order valence-corrected chi connectivity index (χ2v) is 3.89. The third-order valence-corrected chi connectivity index (χ3v) is 2.41.